The van der Waals surface area contributed by atoms with Gasteiger partial charge in [-0.15, -0.1) is 11.8 Å². The van der Waals surface area contributed by atoms with E-state index in [-0.39, 0.29) is 5.82 Å². The molecule has 0 aliphatic heterocycles. The number of hydrogen-bond donors (Lipinski definition) is 3. The smallest absolute Gasteiger partial charge is 0.191 e. The quantitative estimate of drug-likeness (QED) is 0.443. The third-order valence-electron chi connectivity index (χ3n) is 3.78. The van der Waals surface area contributed by atoms with Gasteiger partial charge in [0, 0.05) is 25.0 Å². The minimum absolute atomic E-state index is 0.240. The molecule has 0 aromatic heterocycles. The molecular weight excluding hydrogens is 289 g/mol. The highest BCUT2D eigenvalue weighted by Crippen LogP contribution is 2.30. The first-order valence-electron chi connectivity index (χ1n) is 7.06. The van der Waals surface area contributed by atoms with E-state index in [0.29, 0.717) is 19.0 Å². The average molecular weight is 311 g/mol. The molecule has 3 N–H and O–H groups in total. The van der Waals surface area contributed by atoms with Crippen LogP contribution in [0.25, 0.3) is 0 Å². The second-order valence-electron chi connectivity index (χ2n) is 5.31. The van der Waals surface area contributed by atoms with Crippen molar-refractivity contribution in [2.75, 3.05) is 19.8 Å². The number of thioether (sulfide) groups is 1. The van der Waals surface area contributed by atoms with Gasteiger partial charge in [0.25, 0.3) is 0 Å². The number of benzene rings is 1. The van der Waals surface area contributed by atoms with Crippen LogP contribution >= 0.6 is 11.8 Å². The number of aliphatic imine (C=N–C) groups is 1. The van der Waals surface area contributed by atoms with E-state index in [9.17, 15) is 9.50 Å². The van der Waals surface area contributed by atoms with Crippen molar-refractivity contribution in [3.63, 3.8) is 0 Å². The van der Waals surface area contributed by atoms with Crippen molar-refractivity contribution in [1.29, 1.82) is 0 Å². The summed E-state index contributed by atoms with van der Waals surface area (Å²) in [4.78, 5) is 5.16. The van der Waals surface area contributed by atoms with Crippen LogP contribution in [0.3, 0.4) is 0 Å². The van der Waals surface area contributed by atoms with E-state index in [1.807, 2.05) is 6.26 Å². The molecule has 1 saturated carbocycles. The molecule has 1 aliphatic rings. The Morgan fingerprint density at radius 3 is 2.76 bits per heavy atom. The highest BCUT2D eigenvalue weighted by atomic mass is 32.2. The van der Waals surface area contributed by atoms with Gasteiger partial charge in [-0.3, -0.25) is 4.99 Å². The average Bonchev–Trinajstić information content (AvgIpc) is 2.45. The fourth-order valence-electron chi connectivity index (χ4n) is 2.29. The van der Waals surface area contributed by atoms with Gasteiger partial charge >= 0.3 is 0 Å². The minimum Gasteiger partial charge on any atom is -0.388 e. The first kappa shape index (κ1) is 16.1. The van der Waals surface area contributed by atoms with Crippen molar-refractivity contribution in [2.45, 2.75) is 36.3 Å². The van der Waals surface area contributed by atoms with E-state index < -0.39 is 5.60 Å². The number of nitrogens with one attached hydrogen (secondary N) is 2. The summed E-state index contributed by atoms with van der Waals surface area (Å²) in [6.45, 7) is 0.983. The zero-order chi connectivity index (χ0) is 15.3. The van der Waals surface area contributed by atoms with Gasteiger partial charge < -0.3 is 15.7 Å². The Morgan fingerprint density at radius 1 is 1.43 bits per heavy atom. The van der Waals surface area contributed by atoms with Gasteiger partial charge in [-0.05, 0) is 49.3 Å². The number of nitrogens with zero attached hydrogens (tertiary/aromatic N) is 1. The maximum atomic E-state index is 13.3. The summed E-state index contributed by atoms with van der Waals surface area (Å²) in [6, 6.07) is 4.78. The maximum absolute atomic E-state index is 13.3. The molecule has 1 fully saturated rings. The summed E-state index contributed by atoms with van der Waals surface area (Å²) in [7, 11) is 1.68. The fourth-order valence-corrected chi connectivity index (χ4v) is 2.89. The Bertz CT molecular complexity index is 518. The molecule has 0 amide bonds. The predicted octanol–water partition coefficient (Wildman–Crippen LogP) is 2.13. The number of rotatable bonds is 5. The molecule has 0 atom stereocenters. The normalized spacial score (nSPS) is 17.2. The SMILES string of the molecule is CN=C(NCc1cc(F)ccc1SC)NCC1(O)CCC1. The zero-order valence-electron chi connectivity index (χ0n) is 12.4. The molecule has 0 spiro atoms. The molecule has 4 nitrogen and oxygen atoms in total. The largest absolute Gasteiger partial charge is 0.388 e. The van der Waals surface area contributed by atoms with E-state index in [4.69, 9.17) is 0 Å². The van der Waals surface area contributed by atoms with Gasteiger partial charge in [-0.1, -0.05) is 0 Å². The van der Waals surface area contributed by atoms with E-state index in [1.54, 1.807) is 24.9 Å². The Labute approximate surface area is 129 Å². The van der Waals surface area contributed by atoms with Crippen molar-refractivity contribution < 1.29 is 9.50 Å². The van der Waals surface area contributed by atoms with Gasteiger partial charge in [-0.25, -0.2) is 4.39 Å². The third-order valence-corrected chi connectivity index (χ3v) is 4.62. The second kappa shape index (κ2) is 7.13. The van der Waals surface area contributed by atoms with E-state index in [2.05, 4.69) is 15.6 Å². The number of guanidine groups is 1. The van der Waals surface area contributed by atoms with Crippen LogP contribution in [0.2, 0.25) is 0 Å². The van der Waals surface area contributed by atoms with Crippen LogP contribution < -0.4 is 10.6 Å². The summed E-state index contributed by atoms with van der Waals surface area (Å²) in [6.07, 6.45) is 4.70. The molecule has 0 bridgehead atoms. The van der Waals surface area contributed by atoms with Crippen molar-refractivity contribution in [2.24, 2.45) is 4.99 Å². The molecule has 1 aromatic rings. The standard InChI is InChI=1S/C15H22FN3OS/c1-17-14(19-10-15(20)6-3-7-15)18-9-11-8-12(16)4-5-13(11)21-2/h4-5,8,20H,3,6-7,9-10H2,1-2H3,(H2,17,18,19). The molecule has 0 radical (unpaired) electrons. The first-order valence-corrected chi connectivity index (χ1v) is 8.28. The maximum Gasteiger partial charge on any atom is 0.191 e. The van der Waals surface area contributed by atoms with Crippen molar-refractivity contribution in [1.82, 2.24) is 10.6 Å². The number of hydrogen-bond acceptors (Lipinski definition) is 3. The Balaban J connectivity index is 1.89. The van der Waals surface area contributed by atoms with Gasteiger partial charge in [0.15, 0.2) is 5.96 Å². The summed E-state index contributed by atoms with van der Waals surface area (Å²) >= 11 is 1.59. The second-order valence-corrected chi connectivity index (χ2v) is 6.16. The minimum atomic E-state index is -0.596. The highest BCUT2D eigenvalue weighted by Gasteiger charge is 2.34. The number of aliphatic hydroxyl groups is 1. The Morgan fingerprint density at radius 2 is 2.19 bits per heavy atom. The lowest BCUT2D eigenvalue weighted by Crippen LogP contribution is -2.50. The molecule has 116 valence electrons. The first-order chi connectivity index (χ1) is 10.1. The molecule has 0 unspecified atom stereocenters. The lowest BCUT2D eigenvalue weighted by atomic mass is 9.80. The van der Waals surface area contributed by atoms with Crippen LogP contribution in [-0.2, 0) is 6.54 Å². The van der Waals surface area contributed by atoms with Crippen LogP contribution in [0, 0.1) is 5.82 Å². The van der Waals surface area contributed by atoms with E-state index in [0.717, 1.165) is 29.7 Å². The Hall–Kier alpha value is -1.27. The van der Waals surface area contributed by atoms with Crippen molar-refractivity contribution in [3.8, 4) is 0 Å². The lowest BCUT2D eigenvalue weighted by molar-refractivity contribution is -0.0279. The molecule has 1 aromatic carbocycles. The highest BCUT2D eigenvalue weighted by molar-refractivity contribution is 7.98. The molecule has 0 saturated heterocycles. The molecular formula is C15H22FN3OS. The fraction of sp³-hybridized carbons (Fsp3) is 0.533. The summed E-state index contributed by atoms with van der Waals surface area (Å²) in [5.41, 5.74) is 0.300. The predicted molar refractivity (Wildman–Crippen MR) is 85.2 cm³/mol. The number of halogens is 1. The van der Waals surface area contributed by atoms with E-state index in [1.165, 1.54) is 12.1 Å². The summed E-state index contributed by atoms with van der Waals surface area (Å²) < 4.78 is 13.3. The molecule has 6 heteroatoms. The molecule has 1 aliphatic carbocycles. The van der Waals surface area contributed by atoms with Crippen molar-refractivity contribution in [3.05, 3.63) is 29.6 Å². The van der Waals surface area contributed by atoms with Gasteiger partial charge in [0.1, 0.15) is 5.82 Å². The summed E-state index contributed by atoms with van der Waals surface area (Å²) in [5, 5.41) is 16.3. The van der Waals surface area contributed by atoms with Gasteiger partial charge in [-0.2, -0.15) is 0 Å². The van der Waals surface area contributed by atoms with Crippen LogP contribution in [-0.4, -0.2) is 36.5 Å². The zero-order valence-corrected chi connectivity index (χ0v) is 13.3. The van der Waals surface area contributed by atoms with E-state index >= 15 is 0 Å². The van der Waals surface area contributed by atoms with Crippen LogP contribution in [0.4, 0.5) is 4.39 Å². The summed E-state index contributed by atoms with van der Waals surface area (Å²) in [5.74, 6) is 0.378. The molecule has 2 rings (SSSR count). The van der Waals surface area contributed by atoms with Crippen molar-refractivity contribution >= 4 is 17.7 Å². The molecule has 21 heavy (non-hydrogen) atoms. The Kier molecular flexibility index (Phi) is 5.47. The van der Waals surface area contributed by atoms with Crippen LogP contribution in [0.5, 0.6) is 0 Å². The molecule has 0 heterocycles. The topological polar surface area (TPSA) is 56.7 Å². The van der Waals surface area contributed by atoms with Gasteiger partial charge in [0.2, 0.25) is 0 Å². The van der Waals surface area contributed by atoms with Gasteiger partial charge in [0.05, 0.1) is 5.60 Å². The monoisotopic (exact) mass is 311 g/mol. The lowest BCUT2D eigenvalue weighted by Gasteiger charge is -2.37. The third kappa shape index (κ3) is 4.35. The van der Waals surface area contributed by atoms with Crippen LogP contribution in [0.15, 0.2) is 28.1 Å². The van der Waals surface area contributed by atoms with Crippen LogP contribution in [0.1, 0.15) is 24.8 Å².